The van der Waals surface area contributed by atoms with Gasteiger partial charge in [-0.15, -0.1) is 4.40 Å². The molecule has 0 spiro atoms. The summed E-state index contributed by atoms with van der Waals surface area (Å²) in [5.41, 5.74) is 1.58. The van der Waals surface area contributed by atoms with Crippen LogP contribution in [0.4, 0.5) is 5.69 Å². The zero-order valence-electron chi connectivity index (χ0n) is 16.2. The van der Waals surface area contributed by atoms with E-state index in [1.54, 1.807) is 62.8 Å². The van der Waals surface area contributed by atoms with Crippen molar-refractivity contribution < 1.29 is 22.7 Å². The fraction of sp³-hybridized carbons (Fsp3) is 0.200. The predicted molar refractivity (Wildman–Crippen MR) is 110 cm³/mol. The van der Waals surface area contributed by atoms with E-state index < -0.39 is 16.1 Å². The predicted octanol–water partition coefficient (Wildman–Crippen LogP) is 2.75. The zero-order chi connectivity index (χ0) is 21.0. The molecule has 0 aliphatic carbocycles. The van der Waals surface area contributed by atoms with Crippen LogP contribution in [0.5, 0.6) is 11.5 Å². The van der Waals surface area contributed by atoms with Crippen LogP contribution in [0.25, 0.3) is 0 Å². The number of hydrogen-bond acceptors (Lipinski definition) is 5. The molecular weight excluding hydrogens is 394 g/mol. The average molecular weight is 415 g/mol. The largest absolute Gasteiger partial charge is 0.497 e. The average Bonchev–Trinajstić information content (AvgIpc) is 2.70. The Balaban J connectivity index is 1.82. The highest BCUT2D eigenvalue weighted by Gasteiger charge is 2.28. The number of amides is 1. The summed E-state index contributed by atoms with van der Waals surface area (Å²) >= 11 is 0. The second kappa shape index (κ2) is 8.36. The molecule has 9 heteroatoms. The van der Waals surface area contributed by atoms with E-state index in [0.29, 0.717) is 17.2 Å². The highest BCUT2D eigenvalue weighted by molar-refractivity contribution is 7.88. The van der Waals surface area contributed by atoms with E-state index in [0.717, 1.165) is 9.87 Å². The minimum Gasteiger partial charge on any atom is -0.497 e. The first-order chi connectivity index (χ1) is 13.8. The van der Waals surface area contributed by atoms with E-state index in [-0.39, 0.29) is 17.8 Å². The lowest BCUT2D eigenvalue weighted by Gasteiger charge is -2.23. The van der Waals surface area contributed by atoms with Gasteiger partial charge in [0.25, 0.3) is 5.91 Å². The van der Waals surface area contributed by atoms with Crippen LogP contribution in [0.1, 0.15) is 12.5 Å². The molecule has 1 aliphatic heterocycles. The first-order valence-electron chi connectivity index (χ1n) is 8.71. The molecule has 2 aromatic carbocycles. The lowest BCUT2D eigenvalue weighted by atomic mass is 10.1. The molecule has 0 bridgehead atoms. The molecule has 152 valence electrons. The van der Waals surface area contributed by atoms with Gasteiger partial charge in [0.2, 0.25) is 0 Å². The lowest BCUT2D eigenvalue weighted by molar-refractivity contribution is -0.112. The van der Waals surface area contributed by atoms with Gasteiger partial charge in [-0.25, -0.2) is 0 Å². The van der Waals surface area contributed by atoms with Crippen molar-refractivity contribution in [1.82, 2.24) is 4.31 Å². The normalized spacial score (nSPS) is 15.2. The molecule has 0 aromatic heterocycles. The lowest BCUT2D eigenvalue weighted by Crippen LogP contribution is -2.32. The molecule has 8 nitrogen and oxygen atoms in total. The molecule has 1 N–H and O–H groups in total. The van der Waals surface area contributed by atoms with Crippen molar-refractivity contribution in [1.29, 1.82) is 0 Å². The Kier molecular flexibility index (Phi) is 5.88. The van der Waals surface area contributed by atoms with Crippen LogP contribution in [-0.2, 0) is 21.5 Å². The number of ether oxygens (including phenoxy) is 2. The van der Waals surface area contributed by atoms with Gasteiger partial charge in [0, 0.05) is 11.9 Å². The SMILES string of the molecule is COc1ccc(CN2C=C(C(=O)Nc3ccc(OC)cc3)C(C)=NS2(=O)=O)cc1. The van der Waals surface area contributed by atoms with Crippen molar-refractivity contribution in [3.63, 3.8) is 0 Å². The highest BCUT2D eigenvalue weighted by Crippen LogP contribution is 2.22. The quantitative estimate of drug-likeness (QED) is 0.782. The van der Waals surface area contributed by atoms with Gasteiger partial charge in [-0.3, -0.25) is 9.10 Å². The molecule has 0 unspecified atom stereocenters. The summed E-state index contributed by atoms with van der Waals surface area (Å²) in [6, 6.07) is 13.8. The van der Waals surface area contributed by atoms with Crippen molar-refractivity contribution >= 4 is 27.5 Å². The Labute approximate surface area is 169 Å². The maximum atomic E-state index is 12.7. The summed E-state index contributed by atoms with van der Waals surface area (Å²) in [6.45, 7) is 1.53. The first kappa shape index (κ1) is 20.4. The van der Waals surface area contributed by atoms with E-state index in [9.17, 15) is 13.2 Å². The molecule has 1 amide bonds. The summed E-state index contributed by atoms with van der Waals surface area (Å²) in [4.78, 5) is 12.7. The molecule has 0 saturated carbocycles. The Morgan fingerprint density at radius 3 is 2.10 bits per heavy atom. The number of hydrogen-bond donors (Lipinski definition) is 1. The van der Waals surface area contributed by atoms with E-state index in [2.05, 4.69) is 9.71 Å². The number of rotatable bonds is 6. The van der Waals surface area contributed by atoms with Crippen LogP contribution in [0.15, 0.2) is 64.7 Å². The number of carbonyl (C=O) groups is 1. The van der Waals surface area contributed by atoms with Crippen LogP contribution >= 0.6 is 0 Å². The monoisotopic (exact) mass is 415 g/mol. The number of carbonyl (C=O) groups excluding carboxylic acids is 1. The molecule has 29 heavy (non-hydrogen) atoms. The number of methoxy groups -OCH3 is 2. The second-order valence-corrected chi connectivity index (χ2v) is 7.82. The van der Waals surface area contributed by atoms with Gasteiger partial charge in [-0.05, 0) is 48.9 Å². The van der Waals surface area contributed by atoms with Gasteiger partial charge in [0.05, 0.1) is 32.0 Å². The fourth-order valence-electron chi connectivity index (χ4n) is 2.71. The number of benzene rings is 2. The van der Waals surface area contributed by atoms with Gasteiger partial charge in [0.15, 0.2) is 0 Å². The van der Waals surface area contributed by atoms with Gasteiger partial charge < -0.3 is 14.8 Å². The second-order valence-electron chi connectivity index (χ2n) is 6.27. The summed E-state index contributed by atoms with van der Waals surface area (Å²) in [5, 5.41) is 2.74. The Bertz CT molecular complexity index is 1060. The number of nitrogens with zero attached hydrogens (tertiary/aromatic N) is 2. The Hall–Kier alpha value is -3.33. The third kappa shape index (κ3) is 4.75. The standard InChI is InChI=1S/C20H21N3O5S/c1-14-19(20(24)21-16-6-10-18(28-3)11-7-16)13-23(29(25,26)22-14)12-15-4-8-17(27-2)9-5-15/h4-11,13H,12H2,1-3H3,(H,21,24). The van der Waals surface area contributed by atoms with Crippen molar-refractivity contribution in [2.75, 3.05) is 19.5 Å². The fourth-order valence-corrected chi connectivity index (χ4v) is 3.81. The third-order valence-corrected chi connectivity index (χ3v) is 5.63. The maximum absolute atomic E-state index is 12.7. The number of anilines is 1. The summed E-state index contributed by atoms with van der Waals surface area (Å²) in [5.74, 6) is 0.875. The Morgan fingerprint density at radius 2 is 1.55 bits per heavy atom. The topological polar surface area (TPSA) is 97.3 Å². The first-order valence-corrected chi connectivity index (χ1v) is 10.1. The highest BCUT2D eigenvalue weighted by atomic mass is 32.2. The van der Waals surface area contributed by atoms with Crippen LogP contribution in [0, 0.1) is 0 Å². The molecule has 1 aliphatic rings. The van der Waals surface area contributed by atoms with E-state index in [1.165, 1.54) is 13.1 Å². The minimum absolute atomic E-state index is 0.0441. The van der Waals surface area contributed by atoms with Crippen molar-refractivity contribution in [2.24, 2.45) is 4.40 Å². The van der Waals surface area contributed by atoms with Crippen LogP contribution in [-0.4, -0.2) is 38.6 Å². The van der Waals surface area contributed by atoms with Crippen molar-refractivity contribution in [2.45, 2.75) is 13.5 Å². The zero-order valence-corrected chi connectivity index (χ0v) is 17.1. The molecule has 3 rings (SSSR count). The summed E-state index contributed by atoms with van der Waals surface area (Å²) in [7, 11) is -0.811. The summed E-state index contributed by atoms with van der Waals surface area (Å²) < 4.78 is 39.9. The maximum Gasteiger partial charge on any atom is 0.344 e. The van der Waals surface area contributed by atoms with Crippen LogP contribution in [0.2, 0.25) is 0 Å². The summed E-state index contributed by atoms with van der Waals surface area (Å²) in [6.07, 6.45) is 1.31. The van der Waals surface area contributed by atoms with Crippen LogP contribution in [0.3, 0.4) is 0 Å². The molecular formula is C20H21N3O5S. The van der Waals surface area contributed by atoms with Crippen molar-refractivity contribution in [3.05, 3.63) is 65.9 Å². The number of nitrogens with one attached hydrogen (secondary N) is 1. The molecule has 0 fully saturated rings. The van der Waals surface area contributed by atoms with Crippen LogP contribution < -0.4 is 14.8 Å². The van der Waals surface area contributed by atoms with Gasteiger partial charge in [-0.1, -0.05) is 12.1 Å². The molecule has 0 saturated heterocycles. The van der Waals surface area contributed by atoms with E-state index >= 15 is 0 Å². The van der Waals surface area contributed by atoms with Crippen molar-refractivity contribution in [3.8, 4) is 11.5 Å². The minimum atomic E-state index is -3.92. The molecule has 0 radical (unpaired) electrons. The van der Waals surface area contributed by atoms with E-state index in [1.807, 2.05) is 0 Å². The van der Waals surface area contributed by atoms with E-state index in [4.69, 9.17) is 9.47 Å². The molecule has 1 heterocycles. The molecule has 2 aromatic rings. The van der Waals surface area contributed by atoms with Gasteiger partial charge in [-0.2, -0.15) is 8.42 Å². The molecule has 0 atom stereocenters. The smallest absolute Gasteiger partial charge is 0.344 e. The third-order valence-electron chi connectivity index (χ3n) is 4.30. The van der Waals surface area contributed by atoms with Gasteiger partial charge >= 0.3 is 10.2 Å². The van der Waals surface area contributed by atoms with Gasteiger partial charge in [0.1, 0.15) is 11.5 Å². The Morgan fingerprint density at radius 1 is 1.00 bits per heavy atom.